The summed E-state index contributed by atoms with van der Waals surface area (Å²) < 4.78 is 19.4. The van der Waals surface area contributed by atoms with Gasteiger partial charge in [0.1, 0.15) is 18.2 Å². The van der Waals surface area contributed by atoms with Crippen molar-refractivity contribution in [2.24, 2.45) is 5.16 Å². The molecule has 5 nitrogen and oxygen atoms in total. The molecule has 0 saturated heterocycles. The molecule has 1 N–H and O–H groups in total. The fourth-order valence-electron chi connectivity index (χ4n) is 2.37. The first-order valence-corrected chi connectivity index (χ1v) is 9.56. The summed E-state index contributed by atoms with van der Waals surface area (Å²) in [5.74, 6) is 0.0760. The molecule has 3 aromatic carbocycles. The van der Waals surface area contributed by atoms with Crippen LogP contribution < -0.4 is 10.1 Å². The van der Waals surface area contributed by atoms with E-state index in [1.165, 1.54) is 18.3 Å². The molecule has 0 atom stereocenters. The number of benzene rings is 3. The van der Waals surface area contributed by atoms with Gasteiger partial charge in [0.2, 0.25) is 0 Å². The topological polar surface area (TPSA) is 59.9 Å². The third kappa shape index (κ3) is 6.73. The van der Waals surface area contributed by atoms with E-state index in [2.05, 4.69) is 26.4 Å². The van der Waals surface area contributed by atoms with E-state index in [0.717, 1.165) is 15.6 Å². The van der Waals surface area contributed by atoms with Crippen LogP contribution in [-0.4, -0.2) is 18.7 Å². The molecule has 7 heteroatoms. The summed E-state index contributed by atoms with van der Waals surface area (Å²) in [5.41, 5.74) is 2.34. The minimum Gasteiger partial charge on any atom is -0.488 e. The van der Waals surface area contributed by atoms with Gasteiger partial charge < -0.3 is 14.9 Å². The van der Waals surface area contributed by atoms with Gasteiger partial charge in [-0.25, -0.2) is 4.39 Å². The van der Waals surface area contributed by atoms with Crippen molar-refractivity contribution in [3.63, 3.8) is 0 Å². The lowest BCUT2D eigenvalue weighted by atomic mass is 10.2. The number of nitrogens with one attached hydrogen (secondary N) is 1. The van der Waals surface area contributed by atoms with Crippen molar-refractivity contribution in [2.45, 2.75) is 6.61 Å². The largest absolute Gasteiger partial charge is 0.488 e. The zero-order valence-electron chi connectivity index (χ0n) is 15.3. The van der Waals surface area contributed by atoms with Gasteiger partial charge in [0.05, 0.1) is 10.7 Å². The number of ether oxygens (including phenoxy) is 1. The summed E-state index contributed by atoms with van der Waals surface area (Å²) in [6.45, 7) is 0.136. The van der Waals surface area contributed by atoms with Crippen molar-refractivity contribution in [3.05, 3.63) is 94.2 Å². The molecule has 0 unspecified atom stereocenters. The molecule has 0 aromatic heterocycles. The smallest absolute Gasteiger partial charge is 0.265 e. The fourth-order valence-corrected chi connectivity index (χ4v) is 2.88. The standard InChI is InChI=1S/C22H18BrFN2O3/c23-20-12-17(8-11-21(20)28-14-16-6-9-18(24)10-7-16)13-25-29-15-22(27)26-19-4-2-1-3-5-19/h1-13H,14-15H2,(H,26,27)/b25-13+. The van der Waals surface area contributed by atoms with Crippen LogP contribution in [0.15, 0.2) is 82.4 Å². The first-order chi connectivity index (χ1) is 14.1. The van der Waals surface area contributed by atoms with Crippen LogP contribution in [0.2, 0.25) is 0 Å². The molecule has 0 radical (unpaired) electrons. The number of hydrogen-bond acceptors (Lipinski definition) is 4. The molecule has 148 valence electrons. The van der Waals surface area contributed by atoms with Crippen molar-refractivity contribution in [1.82, 2.24) is 0 Å². The van der Waals surface area contributed by atoms with E-state index < -0.39 is 0 Å². The van der Waals surface area contributed by atoms with Gasteiger partial charge in [-0.05, 0) is 69.5 Å². The fraction of sp³-hybridized carbons (Fsp3) is 0.0909. The number of halogens is 2. The van der Waals surface area contributed by atoms with Crippen LogP contribution in [0.1, 0.15) is 11.1 Å². The molecule has 3 aromatic rings. The van der Waals surface area contributed by atoms with E-state index in [1.54, 1.807) is 30.3 Å². The summed E-state index contributed by atoms with van der Waals surface area (Å²) in [5, 5.41) is 6.52. The zero-order chi connectivity index (χ0) is 20.5. The SMILES string of the molecule is O=C(CO/N=C/c1ccc(OCc2ccc(F)cc2)c(Br)c1)Nc1ccccc1. The number of carbonyl (C=O) groups is 1. The summed E-state index contributed by atoms with van der Waals surface area (Å²) in [6.07, 6.45) is 1.50. The lowest BCUT2D eigenvalue weighted by Crippen LogP contribution is -2.16. The van der Waals surface area contributed by atoms with Crippen LogP contribution in [0.5, 0.6) is 5.75 Å². The molecule has 1 amide bonds. The summed E-state index contributed by atoms with van der Waals surface area (Å²) in [7, 11) is 0. The maximum absolute atomic E-state index is 12.9. The number of carbonyl (C=O) groups excluding carboxylic acids is 1. The maximum atomic E-state index is 12.9. The van der Waals surface area contributed by atoms with E-state index in [1.807, 2.05) is 30.3 Å². The van der Waals surface area contributed by atoms with E-state index in [-0.39, 0.29) is 18.3 Å². The normalized spacial score (nSPS) is 10.7. The van der Waals surface area contributed by atoms with Crippen molar-refractivity contribution in [1.29, 1.82) is 0 Å². The van der Waals surface area contributed by atoms with Gasteiger partial charge in [-0.15, -0.1) is 0 Å². The lowest BCUT2D eigenvalue weighted by Gasteiger charge is -2.09. The molecule has 0 aliphatic carbocycles. The average molecular weight is 457 g/mol. The number of nitrogens with zero attached hydrogens (tertiary/aromatic N) is 1. The van der Waals surface area contributed by atoms with E-state index in [0.29, 0.717) is 18.0 Å². The van der Waals surface area contributed by atoms with Gasteiger partial charge in [0.15, 0.2) is 6.61 Å². The summed E-state index contributed by atoms with van der Waals surface area (Å²) >= 11 is 3.45. The first kappa shape index (κ1) is 20.5. The minimum absolute atomic E-state index is 0.189. The molecule has 29 heavy (non-hydrogen) atoms. The summed E-state index contributed by atoms with van der Waals surface area (Å²) in [6, 6.07) is 20.7. The Morgan fingerprint density at radius 2 is 1.83 bits per heavy atom. The molecule has 0 bridgehead atoms. The van der Waals surface area contributed by atoms with Gasteiger partial charge in [0.25, 0.3) is 5.91 Å². The van der Waals surface area contributed by atoms with Crippen LogP contribution in [0, 0.1) is 5.82 Å². The molecule has 0 aliphatic heterocycles. The second kappa shape index (κ2) is 10.4. The molecular weight excluding hydrogens is 439 g/mol. The Morgan fingerprint density at radius 1 is 1.07 bits per heavy atom. The Bertz CT molecular complexity index is 979. The third-order valence-corrected chi connectivity index (χ3v) is 4.41. The van der Waals surface area contributed by atoms with Crippen molar-refractivity contribution >= 4 is 33.7 Å². The highest BCUT2D eigenvalue weighted by molar-refractivity contribution is 9.10. The number of para-hydroxylation sites is 1. The van der Waals surface area contributed by atoms with Gasteiger partial charge in [0, 0.05) is 5.69 Å². The Kier molecular flexibility index (Phi) is 7.35. The number of hydrogen-bond donors (Lipinski definition) is 1. The number of rotatable bonds is 8. The molecule has 0 aliphatic rings. The number of anilines is 1. The molecular formula is C22H18BrFN2O3. The lowest BCUT2D eigenvalue weighted by molar-refractivity contribution is -0.120. The highest BCUT2D eigenvalue weighted by Crippen LogP contribution is 2.26. The monoisotopic (exact) mass is 456 g/mol. The van der Waals surface area contributed by atoms with E-state index >= 15 is 0 Å². The van der Waals surface area contributed by atoms with Gasteiger partial charge in [-0.2, -0.15) is 0 Å². The van der Waals surface area contributed by atoms with Crippen LogP contribution in [0.4, 0.5) is 10.1 Å². The van der Waals surface area contributed by atoms with Gasteiger partial charge >= 0.3 is 0 Å². The summed E-state index contributed by atoms with van der Waals surface area (Å²) in [4.78, 5) is 16.8. The Labute approximate surface area is 176 Å². The third-order valence-electron chi connectivity index (χ3n) is 3.79. The highest BCUT2D eigenvalue weighted by atomic mass is 79.9. The average Bonchev–Trinajstić information content (AvgIpc) is 2.72. The van der Waals surface area contributed by atoms with Crippen LogP contribution in [0.25, 0.3) is 0 Å². The van der Waals surface area contributed by atoms with E-state index in [9.17, 15) is 9.18 Å². The van der Waals surface area contributed by atoms with Gasteiger partial charge in [-0.1, -0.05) is 35.5 Å². The molecule has 3 rings (SSSR count). The van der Waals surface area contributed by atoms with Crippen LogP contribution in [0.3, 0.4) is 0 Å². The molecule has 0 fully saturated rings. The highest BCUT2D eigenvalue weighted by Gasteiger charge is 2.04. The number of amides is 1. The molecule has 0 heterocycles. The first-order valence-electron chi connectivity index (χ1n) is 8.77. The molecule has 0 spiro atoms. The second-order valence-corrected chi connectivity index (χ2v) is 6.88. The van der Waals surface area contributed by atoms with Crippen molar-refractivity contribution < 1.29 is 18.8 Å². The Morgan fingerprint density at radius 3 is 2.55 bits per heavy atom. The maximum Gasteiger partial charge on any atom is 0.265 e. The predicted molar refractivity (Wildman–Crippen MR) is 113 cm³/mol. The van der Waals surface area contributed by atoms with Crippen molar-refractivity contribution in [3.8, 4) is 5.75 Å². The van der Waals surface area contributed by atoms with Crippen LogP contribution in [-0.2, 0) is 16.2 Å². The molecule has 0 saturated carbocycles. The zero-order valence-corrected chi connectivity index (χ0v) is 16.9. The van der Waals surface area contributed by atoms with Crippen molar-refractivity contribution in [2.75, 3.05) is 11.9 Å². The predicted octanol–water partition coefficient (Wildman–Crippen LogP) is 5.16. The quantitative estimate of drug-likeness (QED) is 0.376. The second-order valence-electron chi connectivity index (χ2n) is 6.03. The Hall–Kier alpha value is -3.19. The number of oxime groups is 1. The van der Waals surface area contributed by atoms with E-state index in [4.69, 9.17) is 9.57 Å². The minimum atomic E-state index is -0.293. The Balaban J connectivity index is 1.46. The van der Waals surface area contributed by atoms with Gasteiger partial charge in [-0.3, -0.25) is 4.79 Å². The van der Waals surface area contributed by atoms with Crippen LogP contribution >= 0.6 is 15.9 Å².